The number of carbonyl (C=O) groups is 2. The van der Waals surface area contributed by atoms with Crippen LogP contribution in [-0.2, 0) is 4.79 Å². The highest BCUT2D eigenvalue weighted by Gasteiger charge is 2.21. The van der Waals surface area contributed by atoms with Crippen molar-refractivity contribution >= 4 is 69.6 Å². The summed E-state index contributed by atoms with van der Waals surface area (Å²) in [5.74, 6) is -0.572. The predicted molar refractivity (Wildman–Crippen MR) is 99.5 cm³/mol. The molecule has 2 aromatic rings. The summed E-state index contributed by atoms with van der Waals surface area (Å²) in [5.41, 5.74) is 0.557. The molecule has 0 radical (unpaired) electrons. The summed E-state index contributed by atoms with van der Waals surface area (Å²) in [7, 11) is 1.43. The summed E-state index contributed by atoms with van der Waals surface area (Å²) in [4.78, 5) is 27.5. The van der Waals surface area contributed by atoms with Gasteiger partial charge < -0.3 is 15.4 Å². The van der Waals surface area contributed by atoms with Gasteiger partial charge in [-0.25, -0.2) is 4.98 Å². The number of aromatic nitrogens is 1. The molecule has 1 aromatic heterocycles. The molecule has 25 heavy (non-hydrogen) atoms. The van der Waals surface area contributed by atoms with Crippen molar-refractivity contribution in [1.82, 2.24) is 4.98 Å². The quantitative estimate of drug-likeness (QED) is 0.685. The predicted octanol–water partition coefficient (Wildman–Crippen LogP) is 4.91. The van der Waals surface area contributed by atoms with Crippen LogP contribution in [0.25, 0.3) is 0 Å². The van der Waals surface area contributed by atoms with E-state index < -0.39 is 5.91 Å². The minimum atomic E-state index is -0.677. The minimum Gasteiger partial charge on any atom is -0.495 e. The van der Waals surface area contributed by atoms with E-state index in [0.717, 1.165) is 0 Å². The Morgan fingerprint density at radius 2 is 1.72 bits per heavy atom. The number of nitrogens with zero attached hydrogens (tertiary/aromatic N) is 1. The summed E-state index contributed by atoms with van der Waals surface area (Å²) in [5, 5.41) is 4.77. The van der Waals surface area contributed by atoms with E-state index in [1.165, 1.54) is 20.1 Å². The SMILES string of the molecule is COc1ccc(NC(C)=O)cc1NC(=O)c1nc(Cl)c(Cl)c(Cl)c1Cl. The average molecular weight is 423 g/mol. The molecule has 0 unspecified atom stereocenters. The number of ether oxygens (including phenoxy) is 1. The average Bonchev–Trinajstić information content (AvgIpc) is 2.56. The van der Waals surface area contributed by atoms with Crippen molar-refractivity contribution in [2.75, 3.05) is 17.7 Å². The van der Waals surface area contributed by atoms with Gasteiger partial charge in [0.2, 0.25) is 5.91 Å². The number of hydrogen-bond acceptors (Lipinski definition) is 4. The zero-order valence-corrected chi connectivity index (χ0v) is 15.9. The number of carbonyl (C=O) groups excluding carboxylic acids is 2. The molecule has 0 bridgehead atoms. The van der Waals surface area contributed by atoms with Crippen molar-refractivity contribution < 1.29 is 14.3 Å². The highest BCUT2D eigenvalue weighted by atomic mass is 35.5. The molecule has 0 atom stereocenters. The zero-order valence-electron chi connectivity index (χ0n) is 12.9. The summed E-state index contributed by atoms with van der Waals surface area (Å²) < 4.78 is 5.18. The minimum absolute atomic E-state index is 0.0462. The van der Waals surface area contributed by atoms with E-state index in [0.29, 0.717) is 17.1 Å². The number of benzene rings is 1. The lowest BCUT2D eigenvalue weighted by Crippen LogP contribution is -2.16. The molecule has 2 rings (SSSR count). The first kappa shape index (κ1) is 19.6. The number of amides is 2. The maximum absolute atomic E-state index is 12.5. The van der Waals surface area contributed by atoms with E-state index in [-0.39, 0.29) is 31.8 Å². The largest absolute Gasteiger partial charge is 0.495 e. The molecule has 6 nitrogen and oxygen atoms in total. The molecule has 10 heteroatoms. The maximum Gasteiger partial charge on any atom is 0.276 e. The Bertz CT molecular complexity index is 858. The number of halogens is 4. The van der Waals surface area contributed by atoms with Crippen molar-refractivity contribution in [3.8, 4) is 5.75 Å². The molecule has 132 valence electrons. The molecule has 0 aliphatic heterocycles. The lowest BCUT2D eigenvalue weighted by Gasteiger charge is -2.13. The van der Waals surface area contributed by atoms with Gasteiger partial charge in [0.25, 0.3) is 5.91 Å². The van der Waals surface area contributed by atoms with Crippen LogP contribution in [0.15, 0.2) is 18.2 Å². The van der Waals surface area contributed by atoms with Crippen LogP contribution in [0, 0.1) is 0 Å². The topological polar surface area (TPSA) is 80.3 Å². The van der Waals surface area contributed by atoms with Gasteiger partial charge in [-0.3, -0.25) is 9.59 Å². The summed E-state index contributed by atoms with van der Waals surface area (Å²) in [6.07, 6.45) is 0. The van der Waals surface area contributed by atoms with Crippen LogP contribution >= 0.6 is 46.4 Å². The van der Waals surface area contributed by atoms with Gasteiger partial charge in [-0.1, -0.05) is 46.4 Å². The fourth-order valence-electron chi connectivity index (χ4n) is 1.91. The molecule has 0 aliphatic carbocycles. The number of pyridine rings is 1. The van der Waals surface area contributed by atoms with Gasteiger partial charge in [0.1, 0.15) is 16.6 Å². The van der Waals surface area contributed by atoms with E-state index in [9.17, 15) is 9.59 Å². The third kappa shape index (κ3) is 4.46. The Labute approximate surface area is 163 Å². The van der Waals surface area contributed by atoms with Crippen LogP contribution in [0.1, 0.15) is 17.4 Å². The van der Waals surface area contributed by atoms with Crippen LogP contribution in [0.5, 0.6) is 5.75 Å². The van der Waals surface area contributed by atoms with Crippen molar-refractivity contribution in [3.63, 3.8) is 0 Å². The molecule has 1 heterocycles. The van der Waals surface area contributed by atoms with E-state index >= 15 is 0 Å². The lowest BCUT2D eigenvalue weighted by atomic mass is 10.2. The fourth-order valence-corrected chi connectivity index (χ4v) is 2.72. The van der Waals surface area contributed by atoms with E-state index in [1.54, 1.807) is 12.1 Å². The Balaban J connectivity index is 2.39. The fraction of sp³-hybridized carbons (Fsp3) is 0.133. The van der Waals surface area contributed by atoms with Gasteiger partial charge in [0.05, 0.1) is 27.9 Å². The van der Waals surface area contributed by atoms with E-state index in [4.69, 9.17) is 51.1 Å². The molecule has 0 fully saturated rings. The van der Waals surface area contributed by atoms with Gasteiger partial charge in [-0.05, 0) is 18.2 Å². The van der Waals surface area contributed by atoms with Crippen molar-refractivity contribution in [3.05, 3.63) is 44.1 Å². The van der Waals surface area contributed by atoms with Gasteiger partial charge in [0, 0.05) is 12.6 Å². The van der Waals surface area contributed by atoms with Crippen LogP contribution in [0.4, 0.5) is 11.4 Å². The zero-order chi connectivity index (χ0) is 18.7. The molecule has 0 aliphatic rings. The first-order chi connectivity index (χ1) is 11.7. The highest BCUT2D eigenvalue weighted by molar-refractivity contribution is 6.52. The van der Waals surface area contributed by atoms with E-state index in [2.05, 4.69) is 15.6 Å². The third-order valence-corrected chi connectivity index (χ3v) is 4.65. The number of rotatable bonds is 4. The molecule has 0 spiro atoms. The second-order valence-electron chi connectivity index (χ2n) is 4.74. The van der Waals surface area contributed by atoms with Gasteiger partial charge in [-0.15, -0.1) is 0 Å². The van der Waals surface area contributed by atoms with Crippen LogP contribution in [0.3, 0.4) is 0 Å². The van der Waals surface area contributed by atoms with Crippen molar-refractivity contribution in [1.29, 1.82) is 0 Å². The van der Waals surface area contributed by atoms with Crippen LogP contribution in [0.2, 0.25) is 20.2 Å². The summed E-state index contributed by atoms with van der Waals surface area (Å²) >= 11 is 23.6. The number of nitrogens with one attached hydrogen (secondary N) is 2. The summed E-state index contributed by atoms with van der Waals surface area (Å²) in [6.45, 7) is 1.36. The second kappa shape index (κ2) is 8.10. The lowest BCUT2D eigenvalue weighted by molar-refractivity contribution is -0.114. The van der Waals surface area contributed by atoms with E-state index in [1.807, 2.05) is 0 Å². The molecule has 2 N–H and O–H groups in total. The monoisotopic (exact) mass is 421 g/mol. The van der Waals surface area contributed by atoms with Crippen molar-refractivity contribution in [2.45, 2.75) is 6.92 Å². The molecule has 0 saturated carbocycles. The molecular weight excluding hydrogens is 412 g/mol. The highest BCUT2D eigenvalue weighted by Crippen LogP contribution is 2.37. The summed E-state index contributed by atoms with van der Waals surface area (Å²) in [6, 6.07) is 4.72. The Morgan fingerprint density at radius 1 is 1.04 bits per heavy atom. The van der Waals surface area contributed by atoms with Gasteiger partial charge in [0.15, 0.2) is 0 Å². The van der Waals surface area contributed by atoms with Crippen LogP contribution < -0.4 is 15.4 Å². The van der Waals surface area contributed by atoms with Crippen molar-refractivity contribution in [2.24, 2.45) is 0 Å². The first-order valence-corrected chi connectivity index (χ1v) is 8.22. The number of methoxy groups -OCH3 is 1. The maximum atomic E-state index is 12.5. The normalized spacial score (nSPS) is 10.3. The molecule has 1 aromatic carbocycles. The molecule has 2 amide bonds. The van der Waals surface area contributed by atoms with Gasteiger partial charge >= 0.3 is 0 Å². The first-order valence-electron chi connectivity index (χ1n) is 6.71. The molecular formula is C15H11Cl4N3O3. The number of hydrogen-bond donors (Lipinski definition) is 2. The van der Waals surface area contributed by atoms with Gasteiger partial charge in [-0.2, -0.15) is 0 Å². The Hall–Kier alpha value is -1.73. The van der Waals surface area contributed by atoms with Crippen LogP contribution in [-0.4, -0.2) is 23.9 Å². The Morgan fingerprint density at radius 3 is 2.32 bits per heavy atom. The number of anilines is 2. The molecule has 0 saturated heterocycles. The third-order valence-electron chi connectivity index (χ3n) is 2.97. The second-order valence-corrected chi connectivity index (χ2v) is 6.24. The Kier molecular flexibility index (Phi) is 6.35. The smallest absolute Gasteiger partial charge is 0.276 e. The standard InChI is InChI=1S/C15H11Cl4N3O3/c1-6(23)20-7-3-4-9(25-2)8(5-7)21-15(24)13-11(17)10(16)12(18)14(19)22-13/h3-5H,1-2H3,(H,20,23)(H,21,24).